The molecule has 9 atom stereocenters. The van der Waals surface area contributed by atoms with Gasteiger partial charge in [-0.2, -0.15) is 0 Å². The predicted octanol–water partition coefficient (Wildman–Crippen LogP) is 6.05. The zero-order valence-electron chi connectivity index (χ0n) is 25.8. The number of fused-ring (bicyclic) bond motifs is 5. The second-order valence-corrected chi connectivity index (χ2v) is 13.6. The van der Waals surface area contributed by atoms with Crippen LogP contribution in [0.3, 0.4) is 0 Å². The standard InChI is InChI=1S/C36H41F2NO6/c1-4-44-31(23-10-8-21(9-11-23)16-22-6-5-7-24(39)17-22)45-35(32(42)43)15-13-26-27-19-29(37)28-18-25(40)12-14-33(28,2)36(27,38)30(41)20-34(26,35)3/h5-12,14,17-18,26-27,29-31,41H,4,13,15-16,19-20,39H2,1-3H3,(H,42,43)/t26-,27-,29-,30-,31+,33-,34-,35-,36-/m0/s1. The Hall–Kier alpha value is -3.40. The SMILES string of the molecule is CCO[C@H](O[C@]1(C(=O)O)CC[C@H]2[C@@H]3C[C@H](F)C4=CC(=O)C=C[C@]4(C)[C@@]3(F)[C@@H](O)C[C@@]21C)c1ccc(Cc2cccc(N)c2)cc1. The van der Waals surface area contributed by atoms with Gasteiger partial charge in [-0.1, -0.05) is 49.4 Å². The van der Waals surface area contributed by atoms with E-state index in [1.165, 1.54) is 19.1 Å². The van der Waals surface area contributed by atoms with E-state index in [4.69, 9.17) is 15.2 Å². The van der Waals surface area contributed by atoms with E-state index < -0.39 is 64.3 Å². The third-order valence-electron chi connectivity index (χ3n) is 11.3. The van der Waals surface area contributed by atoms with Crippen molar-refractivity contribution in [1.29, 1.82) is 0 Å². The molecule has 4 aliphatic carbocycles. The molecule has 7 nitrogen and oxygen atoms in total. The Morgan fingerprint density at radius 1 is 1.13 bits per heavy atom. The van der Waals surface area contributed by atoms with Gasteiger partial charge in [0.25, 0.3) is 0 Å². The van der Waals surface area contributed by atoms with E-state index >= 15 is 8.78 Å². The summed E-state index contributed by atoms with van der Waals surface area (Å²) >= 11 is 0. The highest BCUT2D eigenvalue weighted by molar-refractivity contribution is 6.01. The van der Waals surface area contributed by atoms with Crippen LogP contribution < -0.4 is 5.73 Å². The number of ether oxygens (including phenoxy) is 2. The molecule has 0 unspecified atom stereocenters. The van der Waals surface area contributed by atoms with Crippen molar-refractivity contribution in [3.63, 3.8) is 0 Å². The summed E-state index contributed by atoms with van der Waals surface area (Å²) in [5, 5.41) is 22.5. The van der Waals surface area contributed by atoms with Crippen LogP contribution >= 0.6 is 0 Å². The Morgan fingerprint density at radius 3 is 2.53 bits per heavy atom. The Kier molecular flexibility index (Phi) is 7.82. The van der Waals surface area contributed by atoms with Crippen molar-refractivity contribution in [2.45, 2.75) is 82.7 Å². The van der Waals surface area contributed by atoms with Gasteiger partial charge in [0.15, 0.2) is 23.3 Å². The van der Waals surface area contributed by atoms with E-state index in [9.17, 15) is 19.8 Å². The van der Waals surface area contributed by atoms with Crippen molar-refractivity contribution in [3.05, 3.63) is 89.0 Å². The number of alkyl halides is 2. The van der Waals surface area contributed by atoms with E-state index in [1.807, 2.05) is 48.5 Å². The number of hydrogen-bond acceptors (Lipinski definition) is 6. The fourth-order valence-electron chi connectivity index (χ4n) is 9.05. The maximum atomic E-state index is 17.5. The number of aliphatic carboxylic acids is 1. The van der Waals surface area contributed by atoms with Gasteiger partial charge in [0.05, 0.1) is 6.10 Å². The summed E-state index contributed by atoms with van der Waals surface area (Å²) in [6, 6.07) is 15.2. The van der Waals surface area contributed by atoms with Crippen molar-refractivity contribution in [3.8, 4) is 0 Å². The zero-order chi connectivity index (χ0) is 32.4. The Bertz CT molecular complexity index is 1560. The monoisotopic (exact) mass is 621 g/mol. The van der Waals surface area contributed by atoms with Crippen molar-refractivity contribution < 1.29 is 38.1 Å². The van der Waals surface area contributed by atoms with E-state index in [2.05, 4.69) is 0 Å². The zero-order valence-corrected chi connectivity index (χ0v) is 25.8. The van der Waals surface area contributed by atoms with Crippen molar-refractivity contribution >= 4 is 17.4 Å². The number of anilines is 1. The van der Waals surface area contributed by atoms with Gasteiger partial charge in [0, 0.05) is 34.6 Å². The molecule has 240 valence electrons. The number of hydrogen-bond donors (Lipinski definition) is 3. The second-order valence-electron chi connectivity index (χ2n) is 13.6. The Balaban J connectivity index is 1.32. The predicted molar refractivity (Wildman–Crippen MR) is 165 cm³/mol. The number of ketones is 1. The maximum Gasteiger partial charge on any atom is 0.336 e. The minimum Gasteiger partial charge on any atom is -0.479 e. The normalized spacial score (nSPS) is 37.7. The number of allylic oxidation sites excluding steroid dienone is 4. The molecule has 9 heteroatoms. The number of carbonyl (C=O) groups is 2. The van der Waals surface area contributed by atoms with E-state index in [1.54, 1.807) is 13.8 Å². The fourth-order valence-corrected chi connectivity index (χ4v) is 9.05. The van der Waals surface area contributed by atoms with Crippen LogP contribution in [0.2, 0.25) is 0 Å². The highest BCUT2D eigenvalue weighted by atomic mass is 19.1. The van der Waals surface area contributed by atoms with Gasteiger partial charge in [-0.25, -0.2) is 13.6 Å². The number of rotatable bonds is 8. The number of nitrogens with two attached hydrogens (primary N) is 1. The van der Waals surface area contributed by atoms with E-state index in [0.717, 1.165) is 17.2 Å². The minimum atomic E-state index is -2.30. The van der Waals surface area contributed by atoms with Crippen LogP contribution in [-0.4, -0.2) is 52.1 Å². The molecule has 0 amide bonds. The largest absolute Gasteiger partial charge is 0.479 e. The molecular formula is C36H41F2NO6. The van der Waals surface area contributed by atoms with Gasteiger partial charge in [0.2, 0.25) is 0 Å². The van der Waals surface area contributed by atoms with Crippen molar-refractivity contribution in [2.24, 2.45) is 22.7 Å². The first-order valence-electron chi connectivity index (χ1n) is 15.7. The lowest BCUT2D eigenvalue weighted by Crippen LogP contribution is -2.70. The number of carbonyl (C=O) groups excluding carboxylic acids is 1. The molecule has 2 aromatic rings. The van der Waals surface area contributed by atoms with Crippen molar-refractivity contribution in [2.75, 3.05) is 12.3 Å². The van der Waals surface area contributed by atoms with E-state index in [0.29, 0.717) is 17.7 Å². The molecule has 4 N–H and O–H groups in total. The number of nitrogen functional groups attached to an aromatic ring is 1. The van der Waals surface area contributed by atoms with Crippen LogP contribution in [0.4, 0.5) is 14.5 Å². The molecule has 0 bridgehead atoms. The second kappa shape index (κ2) is 11.1. The molecule has 4 aliphatic rings. The Labute approximate surface area is 262 Å². The molecule has 6 rings (SSSR count). The topological polar surface area (TPSA) is 119 Å². The van der Waals surface area contributed by atoms with Gasteiger partial charge >= 0.3 is 5.97 Å². The van der Waals surface area contributed by atoms with E-state index in [-0.39, 0.29) is 37.9 Å². The highest BCUT2D eigenvalue weighted by Crippen LogP contribution is 2.71. The average Bonchev–Trinajstić information content (AvgIpc) is 3.28. The van der Waals surface area contributed by atoms with Crippen LogP contribution in [0.15, 0.2) is 72.3 Å². The average molecular weight is 622 g/mol. The molecule has 0 aliphatic heterocycles. The Morgan fingerprint density at radius 2 is 1.87 bits per heavy atom. The summed E-state index contributed by atoms with van der Waals surface area (Å²) in [6.45, 7) is 5.28. The minimum absolute atomic E-state index is 0.0331. The molecule has 0 aromatic heterocycles. The molecule has 3 fully saturated rings. The smallest absolute Gasteiger partial charge is 0.336 e. The molecule has 3 saturated carbocycles. The van der Waals surface area contributed by atoms with Gasteiger partial charge in [-0.15, -0.1) is 0 Å². The first-order valence-corrected chi connectivity index (χ1v) is 15.7. The van der Waals surface area contributed by atoms with Crippen LogP contribution in [-0.2, 0) is 25.5 Å². The summed E-state index contributed by atoms with van der Waals surface area (Å²) in [6.07, 6.45) is -0.00436. The highest BCUT2D eigenvalue weighted by Gasteiger charge is 2.76. The third kappa shape index (κ3) is 4.69. The lowest BCUT2D eigenvalue weighted by molar-refractivity contribution is -0.274. The van der Waals surface area contributed by atoms with Crippen LogP contribution in [0.5, 0.6) is 0 Å². The summed E-state index contributed by atoms with van der Waals surface area (Å²) in [7, 11) is 0. The molecule has 2 aromatic carbocycles. The number of halogens is 2. The first kappa shape index (κ1) is 31.6. The summed E-state index contributed by atoms with van der Waals surface area (Å²) in [5.41, 5.74) is 2.43. The molecule has 0 radical (unpaired) electrons. The molecule has 45 heavy (non-hydrogen) atoms. The molecule has 0 spiro atoms. The van der Waals surface area contributed by atoms with Gasteiger partial charge in [0.1, 0.15) is 6.17 Å². The number of aliphatic hydroxyl groups is 1. The maximum absolute atomic E-state index is 17.5. The summed E-state index contributed by atoms with van der Waals surface area (Å²) in [5.74, 6) is -3.24. The van der Waals surface area contributed by atoms with Crippen LogP contribution in [0.25, 0.3) is 0 Å². The fraction of sp³-hybridized carbons (Fsp3) is 0.500. The summed E-state index contributed by atoms with van der Waals surface area (Å²) in [4.78, 5) is 25.4. The van der Waals surface area contributed by atoms with Crippen LogP contribution in [0, 0.1) is 22.7 Å². The summed E-state index contributed by atoms with van der Waals surface area (Å²) < 4.78 is 45.8. The third-order valence-corrected chi connectivity index (χ3v) is 11.3. The number of benzene rings is 2. The van der Waals surface area contributed by atoms with Gasteiger partial charge < -0.3 is 25.4 Å². The number of carboxylic acids is 1. The van der Waals surface area contributed by atoms with Gasteiger partial charge in [-0.05, 0) is 92.9 Å². The van der Waals surface area contributed by atoms with Crippen molar-refractivity contribution in [1.82, 2.24) is 0 Å². The number of carboxylic acid groups (broad SMARTS) is 1. The quantitative estimate of drug-likeness (QED) is 0.242. The lowest BCUT2D eigenvalue weighted by atomic mass is 9.44. The molecule has 0 heterocycles. The first-order chi connectivity index (χ1) is 21.3. The molecular weight excluding hydrogens is 580 g/mol. The van der Waals surface area contributed by atoms with Crippen LogP contribution in [0.1, 0.15) is 69.4 Å². The lowest BCUT2D eigenvalue weighted by Gasteiger charge is -2.63. The molecule has 0 saturated heterocycles. The number of aliphatic hydroxyl groups excluding tert-OH is 1. The van der Waals surface area contributed by atoms with Gasteiger partial charge in [-0.3, -0.25) is 4.79 Å².